The van der Waals surface area contributed by atoms with Crippen LogP contribution in [0.4, 0.5) is 0 Å². The molecule has 0 rings (SSSR count). The first-order valence-corrected chi connectivity index (χ1v) is 6.10. The molecule has 0 amide bonds. The molecule has 2 unspecified atom stereocenters. The van der Waals surface area contributed by atoms with Crippen molar-refractivity contribution in [1.29, 1.82) is 0 Å². The molecule has 0 saturated heterocycles. The Labute approximate surface area is 90.2 Å². The molecule has 0 heterocycles. The van der Waals surface area contributed by atoms with Gasteiger partial charge in [-0.1, -0.05) is 11.6 Å². The van der Waals surface area contributed by atoms with Gasteiger partial charge in [0.2, 0.25) is 8.03 Å². The van der Waals surface area contributed by atoms with E-state index in [1.165, 1.54) is 6.92 Å². The van der Waals surface area contributed by atoms with Crippen LogP contribution in [0, 0.1) is 0 Å². The highest BCUT2D eigenvalue weighted by Crippen LogP contribution is 2.22. The van der Waals surface area contributed by atoms with Crippen LogP contribution in [-0.4, -0.2) is 22.5 Å². The first kappa shape index (κ1) is 13.6. The van der Waals surface area contributed by atoms with Gasteiger partial charge in [-0.25, -0.2) is 0 Å². The zero-order chi connectivity index (χ0) is 11.1. The van der Waals surface area contributed by atoms with Crippen LogP contribution in [0.25, 0.3) is 0 Å². The lowest BCUT2D eigenvalue weighted by Gasteiger charge is -2.13. The lowest BCUT2D eigenvalue weighted by atomic mass is 10.3. The maximum absolute atomic E-state index is 10.6. The Kier molecular flexibility index (Phi) is 6.79. The van der Waals surface area contributed by atoms with Crippen molar-refractivity contribution >= 4 is 25.4 Å². The number of hydrogen-bond donors (Lipinski definition) is 2. The summed E-state index contributed by atoms with van der Waals surface area (Å²) in [6.07, 6.45) is 1.95. The third kappa shape index (κ3) is 6.13. The van der Waals surface area contributed by atoms with Crippen LogP contribution in [0.3, 0.4) is 0 Å². The van der Waals surface area contributed by atoms with Crippen molar-refractivity contribution in [3.63, 3.8) is 0 Å². The normalized spacial score (nSPS) is 15.9. The van der Waals surface area contributed by atoms with E-state index in [0.29, 0.717) is 6.54 Å². The SMILES string of the molecule is C/C=C(\C)CNC(=S)OC(C)[PH](=O)O. The van der Waals surface area contributed by atoms with Gasteiger partial charge in [-0.3, -0.25) is 4.57 Å². The van der Waals surface area contributed by atoms with E-state index >= 15 is 0 Å². The van der Waals surface area contributed by atoms with Crippen molar-refractivity contribution in [3.05, 3.63) is 11.6 Å². The average molecular weight is 237 g/mol. The fourth-order valence-corrected chi connectivity index (χ4v) is 1.09. The van der Waals surface area contributed by atoms with Crippen molar-refractivity contribution < 1.29 is 14.2 Å². The molecule has 0 aromatic rings. The Morgan fingerprint density at radius 1 is 1.79 bits per heavy atom. The van der Waals surface area contributed by atoms with Crippen LogP contribution in [0.15, 0.2) is 11.6 Å². The van der Waals surface area contributed by atoms with Gasteiger partial charge < -0.3 is 14.9 Å². The second-order valence-electron chi connectivity index (χ2n) is 2.87. The van der Waals surface area contributed by atoms with E-state index in [1.807, 2.05) is 19.9 Å². The molecule has 2 N–H and O–H groups in total. The maximum Gasteiger partial charge on any atom is 0.257 e. The maximum atomic E-state index is 10.6. The van der Waals surface area contributed by atoms with Gasteiger partial charge in [0.05, 0.1) is 0 Å². The van der Waals surface area contributed by atoms with Crippen LogP contribution in [0.5, 0.6) is 0 Å². The highest BCUT2D eigenvalue weighted by atomic mass is 32.1. The molecule has 82 valence electrons. The molecule has 0 spiro atoms. The van der Waals surface area contributed by atoms with E-state index in [1.54, 1.807) is 0 Å². The molecular formula is C8H16NO3PS. The van der Waals surface area contributed by atoms with Gasteiger partial charge >= 0.3 is 0 Å². The van der Waals surface area contributed by atoms with Gasteiger partial charge in [0, 0.05) is 6.54 Å². The summed E-state index contributed by atoms with van der Waals surface area (Å²) in [5.41, 5.74) is 1.13. The Bertz CT molecular complexity index is 255. The highest BCUT2D eigenvalue weighted by molar-refractivity contribution is 7.80. The molecule has 0 bridgehead atoms. The zero-order valence-electron chi connectivity index (χ0n) is 8.53. The summed E-state index contributed by atoms with van der Waals surface area (Å²) in [6.45, 7) is 5.98. The monoisotopic (exact) mass is 237 g/mol. The molecule has 0 aliphatic rings. The van der Waals surface area contributed by atoms with Gasteiger partial charge in [0.1, 0.15) is 0 Å². The van der Waals surface area contributed by atoms with Gasteiger partial charge in [0.25, 0.3) is 5.17 Å². The minimum absolute atomic E-state index is 0.158. The van der Waals surface area contributed by atoms with E-state index < -0.39 is 13.9 Å². The molecule has 4 nitrogen and oxygen atoms in total. The van der Waals surface area contributed by atoms with Crippen LogP contribution < -0.4 is 5.32 Å². The van der Waals surface area contributed by atoms with Gasteiger partial charge in [-0.15, -0.1) is 0 Å². The number of allylic oxidation sites excluding steroid dienone is 1. The number of ether oxygens (including phenoxy) is 1. The van der Waals surface area contributed by atoms with Crippen molar-refractivity contribution in [2.75, 3.05) is 6.54 Å². The smallest absolute Gasteiger partial charge is 0.257 e. The molecule has 14 heavy (non-hydrogen) atoms. The largest absolute Gasteiger partial charge is 0.458 e. The molecule has 2 atom stereocenters. The first-order valence-electron chi connectivity index (χ1n) is 4.26. The summed E-state index contributed by atoms with van der Waals surface area (Å²) in [4.78, 5) is 8.72. The number of rotatable bonds is 4. The Morgan fingerprint density at radius 3 is 2.79 bits per heavy atom. The van der Waals surface area contributed by atoms with Gasteiger partial charge in [0.15, 0.2) is 5.85 Å². The third-order valence-corrected chi connectivity index (χ3v) is 2.69. The van der Waals surface area contributed by atoms with Crippen molar-refractivity contribution in [1.82, 2.24) is 5.32 Å². The van der Waals surface area contributed by atoms with E-state index in [4.69, 9.17) is 21.8 Å². The standard InChI is InChI=1S/C8H16NO3PS/c1-4-6(2)5-9-8(14)12-7(3)13(10)11/h4,7,13H,5H2,1-3H3,(H,9,14)(H,10,11)/b6-4+. The fourth-order valence-electron chi connectivity index (χ4n) is 0.566. The summed E-state index contributed by atoms with van der Waals surface area (Å²) >= 11 is 4.82. The van der Waals surface area contributed by atoms with Gasteiger partial charge in [-0.2, -0.15) is 0 Å². The molecule has 0 saturated carbocycles. The van der Waals surface area contributed by atoms with E-state index in [9.17, 15) is 4.57 Å². The number of hydrogen-bond acceptors (Lipinski definition) is 3. The van der Waals surface area contributed by atoms with Crippen molar-refractivity contribution in [2.45, 2.75) is 26.6 Å². The van der Waals surface area contributed by atoms with Crippen LogP contribution in [0.2, 0.25) is 0 Å². The third-order valence-electron chi connectivity index (χ3n) is 1.64. The highest BCUT2D eigenvalue weighted by Gasteiger charge is 2.10. The topological polar surface area (TPSA) is 58.6 Å². The summed E-state index contributed by atoms with van der Waals surface area (Å²) in [5, 5.41) is 2.98. The zero-order valence-corrected chi connectivity index (χ0v) is 10.4. The summed E-state index contributed by atoms with van der Waals surface area (Å²) in [7, 11) is -2.67. The lowest BCUT2D eigenvalue weighted by molar-refractivity contribution is 0.263. The van der Waals surface area contributed by atoms with E-state index in [0.717, 1.165) is 5.57 Å². The molecule has 0 aliphatic heterocycles. The second-order valence-corrected chi connectivity index (χ2v) is 4.73. The van der Waals surface area contributed by atoms with Crippen LogP contribution in [-0.2, 0) is 9.30 Å². The molecule has 0 aliphatic carbocycles. The predicted octanol–water partition coefficient (Wildman–Crippen LogP) is 1.66. The van der Waals surface area contributed by atoms with Crippen molar-refractivity contribution in [2.24, 2.45) is 0 Å². The van der Waals surface area contributed by atoms with Crippen LogP contribution in [0.1, 0.15) is 20.8 Å². The fraction of sp³-hybridized carbons (Fsp3) is 0.625. The van der Waals surface area contributed by atoms with Crippen LogP contribution >= 0.6 is 20.2 Å². The minimum Gasteiger partial charge on any atom is -0.458 e. The first-order chi connectivity index (χ1) is 6.47. The Hall–Kier alpha value is -0.380. The molecule has 6 heteroatoms. The van der Waals surface area contributed by atoms with E-state index in [-0.39, 0.29) is 5.17 Å². The quantitative estimate of drug-likeness (QED) is 0.442. The van der Waals surface area contributed by atoms with Crippen molar-refractivity contribution in [3.8, 4) is 0 Å². The molecule has 0 aromatic carbocycles. The minimum atomic E-state index is -2.67. The number of thiocarbonyl (C=S) groups is 1. The molecule has 0 radical (unpaired) electrons. The Morgan fingerprint density at radius 2 is 2.36 bits per heavy atom. The average Bonchev–Trinajstić information content (AvgIpc) is 2.13. The number of nitrogens with one attached hydrogen (secondary N) is 1. The second kappa shape index (κ2) is 6.98. The summed E-state index contributed by atoms with van der Waals surface area (Å²) in [5.74, 6) is -0.731. The molecule has 0 aromatic heterocycles. The molecular weight excluding hydrogens is 221 g/mol. The molecule has 0 fully saturated rings. The summed E-state index contributed by atoms with van der Waals surface area (Å²) < 4.78 is 15.6. The van der Waals surface area contributed by atoms with Gasteiger partial charge in [-0.05, 0) is 33.0 Å². The predicted molar refractivity (Wildman–Crippen MR) is 61.8 cm³/mol. The lowest BCUT2D eigenvalue weighted by Crippen LogP contribution is -2.27. The summed E-state index contributed by atoms with van der Waals surface area (Å²) in [6, 6.07) is 0. The Balaban J connectivity index is 3.82. The van der Waals surface area contributed by atoms with E-state index in [2.05, 4.69) is 5.32 Å².